The number of thiophene rings is 1. The van der Waals surface area contributed by atoms with E-state index in [-0.39, 0.29) is 6.61 Å². The second kappa shape index (κ2) is 4.47. The minimum absolute atomic E-state index is 0.117. The third-order valence-corrected chi connectivity index (χ3v) is 5.49. The van der Waals surface area contributed by atoms with Crippen LogP contribution < -0.4 is 0 Å². The molecule has 0 aliphatic rings. The van der Waals surface area contributed by atoms with Gasteiger partial charge < -0.3 is 5.11 Å². The van der Waals surface area contributed by atoms with Crippen LogP contribution in [0.4, 0.5) is 0 Å². The van der Waals surface area contributed by atoms with Gasteiger partial charge in [0.15, 0.2) is 0 Å². The largest absolute Gasteiger partial charge is 0.392 e. The Kier molecular flexibility index (Phi) is 3.46. The number of rotatable bonds is 2. The second-order valence-electron chi connectivity index (χ2n) is 2.95. The van der Waals surface area contributed by atoms with Crippen LogP contribution in [0.2, 0.25) is 0 Å². The first kappa shape index (κ1) is 10.9. The fraction of sp³-hybridized carbons (Fsp3) is 0.200. The van der Waals surface area contributed by atoms with Gasteiger partial charge in [-0.25, -0.2) is 0 Å². The summed E-state index contributed by atoms with van der Waals surface area (Å²) in [7, 11) is 0. The summed E-state index contributed by atoms with van der Waals surface area (Å²) < 4.78 is 2.54. The van der Waals surface area contributed by atoms with Crippen molar-refractivity contribution in [2.45, 2.75) is 11.9 Å². The fourth-order valence-electron chi connectivity index (χ4n) is 1.40. The third kappa shape index (κ3) is 1.85. The van der Waals surface area contributed by atoms with E-state index < -0.39 is 0 Å². The van der Waals surface area contributed by atoms with Crippen molar-refractivity contribution in [3.05, 3.63) is 32.2 Å². The maximum atomic E-state index is 9.20. The highest BCUT2D eigenvalue weighted by molar-refractivity contribution is 14.1. The molecule has 74 valence electrons. The Bertz CT molecular complexity index is 466. The van der Waals surface area contributed by atoms with Crippen LogP contribution in [0.5, 0.6) is 0 Å². The molecule has 0 bridgehead atoms. The topological polar surface area (TPSA) is 20.2 Å². The van der Waals surface area contributed by atoms with Crippen LogP contribution in [0, 0.1) is 3.57 Å². The summed E-state index contributed by atoms with van der Waals surface area (Å²) in [5.41, 5.74) is 1.02. The summed E-state index contributed by atoms with van der Waals surface area (Å²) in [6.45, 7) is 0.117. The zero-order valence-electron chi connectivity index (χ0n) is 7.26. The van der Waals surface area contributed by atoms with E-state index in [1.165, 1.54) is 18.5 Å². The quantitative estimate of drug-likeness (QED) is 0.617. The van der Waals surface area contributed by atoms with Crippen LogP contribution in [-0.4, -0.2) is 5.11 Å². The lowest BCUT2D eigenvalue weighted by Crippen LogP contribution is -1.84. The average Bonchev–Trinajstić information content (AvgIpc) is 2.63. The normalized spacial score (nSPS) is 11.1. The molecule has 1 nitrogen and oxygen atoms in total. The Morgan fingerprint density at radius 2 is 2.21 bits per heavy atom. The van der Waals surface area contributed by atoms with Gasteiger partial charge in [-0.05, 0) is 45.7 Å². The number of hydrogen-bond acceptors (Lipinski definition) is 2. The Labute approximate surface area is 108 Å². The SMILES string of the molecule is OCc1ccc(I)c2sc(CBr)cc12. The van der Waals surface area contributed by atoms with Gasteiger partial charge in [0.05, 0.1) is 6.61 Å². The third-order valence-electron chi connectivity index (χ3n) is 2.08. The van der Waals surface area contributed by atoms with Crippen LogP contribution in [-0.2, 0) is 11.9 Å². The zero-order chi connectivity index (χ0) is 10.1. The van der Waals surface area contributed by atoms with Gasteiger partial charge in [-0.2, -0.15) is 0 Å². The number of alkyl halides is 1. The van der Waals surface area contributed by atoms with E-state index in [9.17, 15) is 5.11 Å². The summed E-state index contributed by atoms with van der Waals surface area (Å²) in [5, 5.41) is 11.3. The van der Waals surface area contributed by atoms with Gasteiger partial charge in [-0.1, -0.05) is 22.0 Å². The van der Waals surface area contributed by atoms with Crippen molar-refractivity contribution in [1.82, 2.24) is 0 Å². The molecule has 0 atom stereocenters. The summed E-state index contributed by atoms with van der Waals surface area (Å²) in [4.78, 5) is 1.30. The van der Waals surface area contributed by atoms with Gasteiger partial charge >= 0.3 is 0 Å². The molecule has 0 amide bonds. The lowest BCUT2D eigenvalue weighted by molar-refractivity contribution is 0.283. The van der Waals surface area contributed by atoms with E-state index in [0.717, 1.165) is 10.9 Å². The van der Waals surface area contributed by atoms with Gasteiger partial charge in [0.2, 0.25) is 0 Å². The number of aliphatic hydroxyl groups is 1. The molecule has 0 spiro atoms. The van der Waals surface area contributed by atoms with E-state index >= 15 is 0 Å². The van der Waals surface area contributed by atoms with Gasteiger partial charge in [-0.15, -0.1) is 11.3 Å². The molecule has 1 heterocycles. The highest BCUT2D eigenvalue weighted by Gasteiger charge is 2.07. The Balaban J connectivity index is 2.74. The molecule has 0 aliphatic carbocycles. The molecule has 14 heavy (non-hydrogen) atoms. The van der Waals surface area contributed by atoms with Crippen LogP contribution in [0.3, 0.4) is 0 Å². The fourth-order valence-corrected chi connectivity index (χ4v) is 3.67. The first-order valence-corrected chi connectivity index (χ1v) is 7.14. The minimum atomic E-state index is 0.117. The molecular weight excluding hydrogens is 375 g/mol. The maximum absolute atomic E-state index is 9.20. The van der Waals surface area contributed by atoms with Crippen molar-refractivity contribution in [3.63, 3.8) is 0 Å². The Hall–Kier alpha value is 0.350. The molecular formula is C10H8BrIOS. The predicted molar refractivity (Wildman–Crippen MR) is 73.1 cm³/mol. The van der Waals surface area contributed by atoms with Gasteiger partial charge in [0.1, 0.15) is 0 Å². The van der Waals surface area contributed by atoms with E-state index in [1.807, 2.05) is 6.07 Å². The van der Waals surface area contributed by atoms with Crippen molar-refractivity contribution < 1.29 is 5.11 Å². The second-order valence-corrected chi connectivity index (χ2v) is 5.81. The average molecular weight is 383 g/mol. The molecule has 0 saturated heterocycles. The standard InChI is InChI=1S/C10H8BrIOS/c11-4-7-3-8-6(5-13)1-2-9(12)10(8)14-7/h1-3,13H,4-5H2. The molecule has 1 N–H and O–H groups in total. The van der Waals surface area contributed by atoms with Gasteiger partial charge in [0, 0.05) is 18.5 Å². The Morgan fingerprint density at radius 3 is 2.86 bits per heavy atom. The molecule has 0 aliphatic heterocycles. The first-order valence-electron chi connectivity index (χ1n) is 4.13. The van der Waals surface area contributed by atoms with Crippen molar-refractivity contribution in [2.75, 3.05) is 0 Å². The van der Waals surface area contributed by atoms with Crippen molar-refractivity contribution >= 4 is 59.9 Å². The molecule has 0 radical (unpaired) electrons. The first-order chi connectivity index (χ1) is 6.76. The summed E-state index contributed by atoms with van der Waals surface area (Å²) >= 11 is 7.57. The summed E-state index contributed by atoms with van der Waals surface area (Å²) in [5.74, 6) is 0. The molecule has 2 aromatic rings. The number of aliphatic hydroxyl groups excluding tert-OH is 1. The zero-order valence-corrected chi connectivity index (χ0v) is 11.8. The predicted octanol–water partition coefficient (Wildman–Crippen LogP) is 3.89. The number of benzene rings is 1. The van der Waals surface area contributed by atoms with Crippen molar-refractivity contribution in [3.8, 4) is 0 Å². The van der Waals surface area contributed by atoms with E-state index in [4.69, 9.17) is 0 Å². The van der Waals surface area contributed by atoms with Crippen LogP contribution in [0.25, 0.3) is 10.1 Å². The number of fused-ring (bicyclic) bond motifs is 1. The smallest absolute Gasteiger partial charge is 0.0688 e. The van der Waals surface area contributed by atoms with Gasteiger partial charge in [-0.3, -0.25) is 0 Å². The minimum Gasteiger partial charge on any atom is -0.392 e. The van der Waals surface area contributed by atoms with E-state index in [2.05, 4.69) is 50.7 Å². The number of hydrogen-bond donors (Lipinski definition) is 1. The van der Waals surface area contributed by atoms with Gasteiger partial charge in [0.25, 0.3) is 0 Å². The van der Waals surface area contributed by atoms with E-state index in [1.54, 1.807) is 11.3 Å². The summed E-state index contributed by atoms with van der Waals surface area (Å²) in [6, 6.07) is 6.21. The lowest BCUT2D eigenvalue weighted by atomic mass is 10.1. The molecule has 1 aromatic heterocycles. The van der Waals surface area contributed by atoms with Crippen molar-refractivity contribution in [2.24, 2.45) is 0 Å². The molecule has 1 aromatic carbocycles. The highest BCUT2D eigenvalue weighted by atomic mass is 127. The molecule has 0 saturated carbocycles. The molecule has 0 unspecified atom stereocenters. The summed E-state index contributed by atoms with van der Waals surface area (Å²) in [6.07, 6.45) is 0. The van der Waals surface area contributed by atoms with Crippen molar-refractivity contribution in [1.29, 1.82) is 0 Å². The molecule has 2 rings (SSSR count). The van der Waals surface area contributed by atoms with E-state index in [0.29, 0.717) is 0 Å². The Morgan fingerprint density at radius 1 is 1.43 bits per heavy atom. The van der Waals surface area contributed by atoms with Crippen LogP contribution in [0.1, 0.15) is 10.4 Å². The maximum Gasteiger partial charge on any atom is 0.0688 e. The van der Waals surface area contributed by atoms with Crippen LogP contribution in [0.15, 0.2) is 18.2 Å². The lowest BCUT2D eigenvalue weighted by Gasteiger charge is -1.99. The molecule has 4 heteroatoms. The highest BCUT2D eigenvalue weighted by Crippen LogP contribution is 2.33. The van der Waals surface area contributed by atoms with Crippen LogP contribution >= 0.6 is 49.9 Å². The molecule has 0 fully saturated rings. The monoisotopic (exact) mass is 382 g/mol. The number of halogens is 2.